The highest BCUT2D eigenvalue weighted by Crippen LogP contribution is 2.34. The third-order valence-electron chi connectivity index (χ3n) is 5.50. The summed E-state index contributed by atoms with van der Waals surface area (Å²) >= 11 is 3.48. The molecule has 0 spiro atoms. The van der Waals surface area contributed by atoms with Crippen LogP contribution in [-0.2, 0) is 4.79 Å². The first-order chi connectivity index (χ1) is 14.8. The molecule has 2 amide bonds. The highest BCUT2D eigenvalue weighted by Gasteiger charge is 2.39. The number of hydrogen-bond donors (Lipinski definition) is 0. The third-order valence-corrected chi connectivity index (χ3v) is 6.22. The molecule has 2 aromatic rings. The average Bonchev–Trinajstić information content (AvgIpc) is 3.24. The summed E-state index contributed by atoms with van der Waals surface area (Å²) in [5, 5.41) is 0. The second-order valence-corrected chi connectivity index (χ2v) is 9.12. The number of amides is 2. The molecule has 2 atom stereocenters. The number of carbonyl (C=O) groups is 2. The Labute approximate surface area is 191 Å². The summed E-state index contributed by atoms with van der Waals surface area (Å²) in [4.78, 5) is 30.8. The fourth-order valence-electron chi connectivity index (χ4n) is 4.07. The lowest BCUT2D eigenvalue weighted by molar-refractivity contribution is -0.136. The zero-order chi connectivity index (χ0) is 22.5. The lowest BCUT2D eigenvalue weighted by Gasteiger charge is -2.36. The monoisotopic (exact) mass is 486 g/mol. The predicted molar refractivity (Wildman–Crippen MR) is 124 cm³/mol. The largest absolute Gasteiger partial charge is 0.334 e. The van der Waals surface area contributed by atoms with E-state index < -0.39 is 11.9 Å². The minimum absolute atomic E-state index is 0.0879. The van der Waals surface area contributed by atoms with E-state index in [0.29, 0.717) is 28.7 Å². The summed E-state index contributed by atoms with van der Waals surface area (Å²) < 4.78 is 14.9. The topological polar surface area (TPSA) is 40.6 Å². The molecular formula is C25H28BrFN2O2. The Morgan fingerprint density at radius 2 is 1.97 bits per heavy atom. The Hall–Kier alpha value is -2.47. The standard InChI is InChI=1S/C25H28BrFN2O2/c1-4-20-11-8-14-28(20)25(31)23(21-15-19(27)12-13-22(21)26)29(16-17(2)3)24(30)18-9-6-5-7-10-18/h4-7,9-10,12-13,15,17,20,23H,1,8,11,14,16H2,2-3H3. The molecule has 0 bridgehead atoms. The summed E-state index contributed by atoms with van der Waals surface area (Å²) in [5.74, 6) is -0.796. The van der Waals surface area contributed by atoms with Crippen molar-refractivity contribution in [2.45, 2.75) is 38.8 Å². The van der Waals surface area contributed by atoms with Crippen LogP contribution in [0.5, 0.6) is 0 Å². The SMILES string of the molecule is C=CC1CCCN1C(=O)C(c1cc(F)ccc1Br)N(CC(C)C)C(=O)c1ccccc1. The van der Waals surface area contributed by atoms with Crippen LogP contribution in [0.1, 0.15) is 48.7 Å². The van der Waals surface area contributed by atoms with Gasteiger partial charge in [0.05, 0.1) is 0 Å². The maximum absolute atomic E-state index is 14.3. The molecule has 1 saturated heterocycles. The summed E-state index contributed by atoms with van der Waals surface area (Å²) in [6.07, 6.45) is 3.48. The third kappa shape index (κ3) is 5.24. The van der Waals surface area contributed by atoms with E-state index in [0.717, 1.165) is 12.8 Å². The lowest BCUT2D eigenvalue weighted by atomic mass is 10.00. The van der Waals surface area contributed by atoms with E-state index in [2.05, 4.69) is 22.5 Å². The van der Waals surface area contributed by atoms with Crippen LogP contribution in [0.15, 0.2) is 65.7 Å². The lowest BCUT2D eigenvalue weighted by Crippen LogP contribution is -2.48. The van der Waals surface area contributed by atoms with Crippen LogP contribution in [0.2, 0.25) is 0 Å². The van der Waals surface area contributed by atoms with E-state index in [1.807, 2.05) is 19.9 Å². The van der Waals surface area contributed by atoms with Gasteiger partial charge in [-0.05, 0) is 49.1 Å². The fourth-order valence-corrected chi connectivity index (χ4v) is 4.54. The van der Waals surface area contributed by atoms with E-state index >= 15 is 0 Å². The molecule has 164 valence electrons. The number of benzene rings is 2. The van der Waals surface area contributed by atoms with Crippen LogP contribution in [0.25, 0.3) is 0 Å². The highest BCUT2D eigenvalue weighted by molar-refractivity contribution is 9.10. The first kappa shape index (κ1) is 23.2. The van der Waals surface area contributed by atoms with Gasteiger partial charge >= 0.3 is 0 Å². The number of nitrogens with zero attached hydrogens (tertiary/aromatic N) is 2. The Bertz CT molecular complexity index is 948. The van der Waals surface area contributed by atoms with Crippen molar-refractivity contribution in [2.24, 2.45) is 5.92 Å². The number of carbonyl (C=O) groups excluding carboxylic acids is 2. The Morgan fingerprint density at radius 3 is 2.61 bits per heavy atom. The van der Waals surface area contributed by atoms with Gasteiger partial charge in [-0.25, -0.2) is 4.39 Å². The number of hydrogen-bond acceptors (Lipinski definition) is 2. The quantitative estimate of drug-likeness (QED) is 0.477. The molecule has 1 fully saturated rings. The number of likely N-dealkylation sites (tertiary alicyclic amines) is 1. The molecule has 0 aromatic heterocycles. The summed E-state index contributed by atoms with van der Waals surface area (Å²) in [7, 11) is 0. The molecule has 2 aromatic carbocycles. The van der Waals surface area contributed by atoms with Gasteiger partial charge in [-0.15, -0.1) is 6.58 Å². The predicted octanol–water partition coefficient (Wildman–Crippen LogP) is 5.60. The molecular weight excluding hydrogens is 459 g/mol. The molecule has 1 heterocycles. The summed E-state index contributed by atoms with van der Waals surface area (Å²) in [6, 6.07) is 12.1. The zero-order valence-corrected chi connectivity index (χ0v) is 19.5. The van der Waals surface area contributed by atoms with Crippen molar-refractivity contribution in [3.63, 3.8) is 0 Å². The van der Waals surface area contributed by atoms with Gasteiger partial charge in [0.25, 0.3) is 11.8 Å². The Kier molecular flexibility index (Phi) is 7.65. The first-order valence-electron chi connectivity index (χ1n) is 10.6. The normalized spacial score (nSPS) is 16.9. The van der Waals surface area contributed by atoms with Gasteiger partial charge in [-0.1, -0.05) is 54.1 Å². The second-order valence-electron chi connectivity index (χ2n) is 8.26. The van der Waals surface area contributed by atoms with Crippen LogP contribution >= 0.6 is 15.9 Å². The first-order valence-corrected chi connectivity index (χ1v) is 11.4. The van der Waals surface area contributed by atoms with Gasteiger partial charge < -0.3 is 9.80 Å². The molecule has 6 heteroatoms. The van der Waals surface area contributed by atoms with Crippen LogP contribution in [-0.4, -0.2) is 40.7 Å². The summed E-state index contributed by atoms with van der Waals surface area (Å²) in [6.45, 7) is 8.82. The number of halogens is 2. The minimum atomic E-state index is -0.944. The van der Waals surface area contributed by atoms with Crippen LogP contribution in [0.3, 0.4) is 0 Å². The molecule has 1 aliphatic rings. The molecule has 0 N–H and O–H groups in total. The Morgan fingerprint density at radius 1 is 1.26 bits per heavy atom. The van der Waals surface area contributed by atoms with Crippen molar-refractivity contribution in [3.8, 4) is 0 Å². The molecule has 3 rings (SSSR count). The summed E-state index contributed by atoms with van der Waals surface area (Å²) in [5.41, 5.74) is 0.944. The molecule has 0 aliphatic carbocycles. The van der Waals surface area contributed by atoms with Crippen LogP contribution < -0.4 is 0 Å². The molecule has 31 heavy (non-hydrogen) atoms. The smallest absolute Gasteiger partial charge is 0.254 e. The fraction of sp³-hybridized carbons (Fsp3) is 0.360. The zero-order valence-electron chi connectivity index (χ0n) is 17.9. The van der Waals surface area contributed by atoms with Crippen molar-refractivity contribution in [1.29, 1.82) is 0 Å². The molecule has 0 saturated carbocycles. The van der Waals surface area contributed by atoms with E-state index in [4.69, 9.17) is 0 Å². The van der Waals surface area contributed by atoms with Crippen molar-refractivity contribution in [2.75, 3.05) is 13.1 Å². The maximum Gasteiger partial charge on any atom is 0.254 e. The van der Waals surface area contributed by atoms with E-state index in [1.165, 1.54) is 12.1 Å². The Balaban J connectivity index is 2.13. The van der Waals surface area contributed by atoms with Crippen LogP contribution in [0, 0.1) is 11.7 Å². The molecule has 0 radical (unpaired) electrons. The highest BCUT2D eigenvalue weighted by atomic mass is 79.9. The van der Waals surface area contributed by atoms with E-state index in [9.17, 15) is 14.0 Å². The van der Waals surface area contributed by atoms with Crippen molar-refractivity contribution in [1.82, 2.24) is 9.80 Å². The van der Waals surface area contributed by atoms with E-state index in [-0.39, 0.29) is 23.8 Å². The maximum atomic E-state index is 14.3. The second kappa shape index (κ2) is 10.2. The molecule has 4 nitrogen and oxygen atoms in total. The van der Waals surface area contributed by atoms with Crippen molar-refractivity contribution < 1.29 is 14.0 Å². The average molecular weight is 487 g/mol. The van der Waals surface area contributed by atoms with Gasteiger partial charge in [-0.2, -0.15) is 0 Å². The van der Waals surface area contributed by atoms with Gasteiger partial charge in [0.1, 0.15) is 11.9 Å². The molecule has 2 unspecified atom stereocenters. The van der Waals surface area contributed by atoms with Crippen molar-refractivity contribution >= 4 is 27.7 Å². The van der Waals surface area contributed by atoms with E-state index in [1.54, 1.807) is 46.2 Å². The van der Waals surface area contributed by atoms with Crippen LogP contribution in [0.4, 0.5) is 4.39 Å². The van der Waals surface area contributed by atoms with Gasteiger partial charge in [0.2, 0.25) is 0 Å². The van der Waals surface area contributed by atoms with Gasteiger partial charge in [0.15, 0.2) is 0 Å². The van der Waals surface area contributed by atoms with Crippen molar-refractivity contribution in [3.05, 3.63) is 82.6 Å². The molecule has 1 aliphatic heterocycles. The number of rotatable bonds is 7. The van der Waals surface area contributed by atoms with Gasteiger partial charge in [-0.3, -0.25) is 9.59 Å². The minimum Gasteiger partial charge on any atom is -0.334 e. The van der Waals surface area contributed by atoms with Gasteiger partial charge in [0, 0.05) is 34.7 Å².